The maximum Gasteiger partial charge on any atom is 0.363 e. The third-order valence-electron chi connectivity index (χ3n) is 3.18. The highest BCUT2D eigenvalue weighted by Gasteiger charge is 2.25. The number of carbonyl (C=O) groups excluding carboxylic acids is 1. The van der Waals surface area contributed by atoms with Gasteiger partial charge in [0.1, 0.15) is 5.75 Å². The van der Waals surface area contributed by atoms with E-state index in [0.717, 1.165) is 9.13 Å². The fourth-order valence-electron chi connectivity index (χ4n) is 2.07. The van der Waals surface area contributed by atoms with Gasteiger partial charge in [0.15, 0.2) is 5.70 Å². The first-order valence-electron chi connectivity index (χ1n) is 6.69. The largest absolute Gasteiger partial charge is 0.497 e. The topological polar surface area (TPSA) is 47.9 Å². The van der Waals surface area contributed by atoms with Crippen molar-refractivity contribution >= 4 is 52.1 Å². The molecule has 0 amide bonds. The summed E-state index contributed by atoms with van der Waals surface area (Å²) in [4.78, 5) is 16.3. The van der Waals surface area contributed by atoms with Crippen LogP contribution in [0.25, 0.3) is 6.08 Å². The van der Waals surface area contributed by atoms with Crippen LogP contribution in [-0.2, 0) is 9.53 Å². The lowest BCUT2D eigenvalue weighted by Gasteiger charge is -2.02. The Bertz CT molecular complexity index is 845. The first kappa shape index (κ1) is 16.0. The molecule has 0 aromatic heterocycles. The number of cyclic esters (lactones) is 1. The molecule has 2 aromatic carbocycles. The van der Waals surface area contributed by atoms with E-state index < -0.39 is 5.97 Å². The van der Waals surface area contributed by atoms with Crippen LogP contribution in [0.3, 0.4) is 0 Å². The average molecular weight is 440 g/mol. The second kappa shape index (κ2) is 6.72. The summed E-state index contributed by atoms with van der Waals surface area (Å²) in [5, 5.41) is 0.486. The molecule has 0 radical (unpaired) electrons. The minimum atomic E-state index is -0.502. The van der Waals surface area contributed by atoms with Crippen molar-refractivity contribution in [2.24, 2.45) is 4.99 Å². The fraction of sp³-hybridized carbons (Fsp3) is 0.0588. The highest BCUT2D eigenvalue weighted by Crippen LogP contribution is 2.25. The quantitative estimate of drug-likeness (QED) is 0.407. The number of ether oxygens (including phenoxy) is 2. The fourth-order valence-corrected chi connectivity index (χ4v) is 2.76. The van der Waals surface area contributed by atoms with E-state index in [1.807, 2.05) is 36.4 Å². The summed E-state index contributed by atoms with van der Waals surface area (Å²) in [6.07, 6.45) is 1.65. The summed E-state index contributed by atoms with van der Waals surface area (Å²) in [7, 11) is 1.59. The minimum Gasteiger partial charge on any atom is -0.497 e. The van der Waals surface area contributed by atoms with Crippen LogP contribution in [0.15, 0.2) is 53.2 Å². The summed E-state index contributed by atoms with van der Waals surface area (Å²) in [6, 6.07) is 12.8. The average Bonchev–Trinajstić information content (AvgIpc) is 2.90. The molecular weight excluding hydrogens is 429 g/mol. The predicted molar refractivity (Wildman–Crippen MR) is 97.8 cm³/mol. The van der Waals surface area contributed by atoms with Gasteiger partial charge in [0.05, 0.1) is 17.7 Å². The van der Waals surface area contributed by atoms with Crippen LogP contribution < -0.4 is 4.74 Å². The second-order valence-corrected chi connectivity index (χ2v) is 6.39. The van der Waals surface area contributed by atoms with Crippen LogP contribution in [0, 0.1) is 3.57 Å². The summed E-state index contributed by atoms with van der Waals surface area (Å²) in [5.41, 5.74) is 1.62. The standard InChI is InChI=1S/C17H11ClINO3/c1-22-12-4-2-3-10(7-12)8-15-17(21)23-16(20-15)13-9-11(19)5-6-14(13)18/h2-9H,1H3/b15-8-. The molecule has 0 N–H and O–H groups in total. The summed E-state index contributed by atoms with van der Waals surface area (Å²) in [6.45, 7) is 0. The van der Waals surface area contributed by atoms with Crippen molar-refractivity contribution < 1.29 is 14.3 Å². The smallest absolute Gasteiger partial charge is 0.363 e. The van der Waals surface area contributed by atoms with E-state index in [9.17, 15) is 4.79 Å². The Morgan fingerprint density at radius 3 is 2.87 bits per heavy atom. The number of nitrogens with zero attached hydrogens (tertiary/aromatic N) is 1. The first-order chi connectivity index (χ1) is 11.1. The van der Waals surface area contributed by atoms with Crippen molar-refractivity contribution in [2.75, 3.05) is 7.11 Å². The predicted octanol–water partition coefficient (Wildman–Crippen LogP) is 4.30. The van der Waals surface area contributed by atoms with Crippen LogP contribution >= 0.6 is 34.2 Å². The Kier molecular flexibility index (Phi) is 4.68. The van der Waals surface area contributed by atoms with Crippen LogP contribution in [0.4, 0.5) is 0 Å². The highest BCUT2D eigenvalue weighted by atomic mass is 127. The number of methoxy groups -OCH3 is 1. The maximum atomic E-state index is 12.0. The van der Waals surface area contributed by atoms with Crippen molar-refractivity contribution in [2.45, 2.75) is 0 Å². The number of hydrogen-bond acceptors (Lipinski definition) is 4. The molecule has 0 saturated carbocycles. The van der Waals surface area contributed by atoms with Gasteiger partial charge in [0.25, 0.3) is 0 Å². The Hall–Kier alpha value is -1.86. The summed E-state index contributed by atoms with van der Waals surface area (Å²) >= 11 is 8.32. The molecule has 0 fully saturated rings. The maximum absolute atomic E-state index is 12.0. The van der Waals surface area contributed by atoms with Crippen LogP contribution in [0.1, 0.15) is 11.1 Å². The van der Waals surface area contributed by atoms with Gasteiger partial charge in [-0.2, -0.15) is 0 Å². The number of benzene rings is 2. The molecule has 116 valence electrons. The van der Waals surface area contributed by atoms with E-state index in [-0.39, 0.29) is 11.6 Å². The highest BCUT2D eigenvalue weighted by molar-refractivity contribution is 14.1. The van der Waals surface area contributed by atoms with Gasteiger partial charge in [0, 0.05) is 3.57 Å². The van der Waals surface area contributed by atoms with Gasteiger partial charge >= 0.3 is 5.97 Å². The molecule has 0 bridgehead atoms. The van der Waals surface area contributed by atoms with Gasteiger partial charge in [0.2, 0.25) is 5.90 Å². The van der Waals surface area contributed by atoms with Crippen molar-refractivity contribution in [3.63, 3.8) is 0 Å². The third kappa shape index (κ3) is 3.56. The Balaban J connectivity index is 1.98. The number of halogens is 2. The monoisotopic (exact) mass is 439 g/mol. The van der Waals surface area contributed by atoms with Crippen molar-refractivity contribution in [3.05, 3.63) is 67.9 Å². The zero-order valence-corrected chi connectivity index (χ0v) is 15.0. The molecule has 3 rings (SSSR count). The molecule has 1 heterocycles. The van der Waals surface area contributed by atoms with Gasteiger partial charge in [-0.3, -0.25) is 0 Å². The SMILES string of the molecule is COc1cccc(/C=C2\N=C(c3cc(I)ccc3Cl)OC2=O)c1. The van der Waals surface area contributed by atoms with Gasteiger partial charge < -0.3 is 9.47 Å². The van der Waals surface area contributed by atoms with Crippen LogP contribution in [0.2, 0.25) is 5.02 Å². The molecule has 4 nitrogen and oxygen atoms in total. The number of rotatable bonds is 3. The minimum absolute atomic E-state index is 0.215. The number of hydrogen-bond donors (Lipinski definition) is 0. The van der Waals surface area contributed by atoms with Crippen LogP contribution in [-0.4, -0.2) is 19.0 Å². The van der Waals surface area contributed by atoms with Gasteiger partial charge in [-0.25, -0.2) is 9.79 Å². The molecule has 0 aliphatic carbocycles. The zero-order valence-electron chi connectivity index (χ0n) is 12.0. The molecule has 2 aromatic rings. The van der Waals surface area contributed by atoms with E-state index in [4.69, 9.17) is 21.1 Å². The zero-order chi connectivity index (χ0) is 16.4. The lowest BCUT2D eigenvalue weighted by molar-refractivity contribution is -0.129. The Morgan fingerprint density at radius 2 is 2.09 bits per heavy atom. The molecule has 0 atom stereocenters. The molecule has 0 unspecified atom stereocenters. The summed E-state index contributed by atoms with van der Waals surface area (Å²) in [5.74, 6) is 0.418. The lowest BCUT2D eigenvalue weighted by Crippen LogP contribution is -2.06. The van der Waals surface area contributed by atoms with Gasteiger partial charge in [-0.1, -0.05) is 23.7 Å². The molecule has 1 aliphatic heterocycles. The molecule has 1 aliphatic rings. The third-order valence-corrected chi connectivity index (χ3v) is 4.18. The first-order valence-corrected chi connectivity index (χ1v) is 8.14. The normalized spacial score (nSPS) is 15.5. The van der Waals surface area contributed by atoms with E-state index >= 15 is 0 Å². The molecule has 0 spiro atoms. The Labute approximate surface area is 151 Å². The molecule has 0 saturated heterocycles. The van der Waals surface area contributed by atoms with Crippen molar-refractivity contribution in [1.82, 2.24) is 0 Å². The molecule has 6 heteroatoms. The van der Waals surface area contributed by atoms with E-state index in [2.05, 4.69) is 27.6 Å². The number of aliphatic imine (C=N–C) groups is 1. The van der Waals surface area contributed by atoms with Crippen LogP contribution in [0.5, 0.6) is 5.75 Å². The summed E-state index contributed by atoms with van der Waals surface area (Å²) < 4.78 is 11.4. The molecule has 23 heavy (non-hydrogen) atoms. The number of carbonyl (C=O) groups is 1. The van der Waals surface area contributed by atoms with Crippen molar-refractivity contribution in [1.29, 1.82) is 0 Å². The second-order valence-electron chi connectivity index (χ2n) is 4.74. The Morgan fingerprint density at radius 1 is 1.26 bits per heavy atom. The van der Waals surface area contributed by atoms with Gasteiger partial charge in [-0.05, 0) is 64.6 Å². The van der Waals surface area contributed by atoms with E-state index in [1.54, 1.807) is 19.3 Å². The van der Waals surface area contributed by atoms with Gasteiger partial charge in [-0.15, -0.1) is 0 Å². The number of esters is 1. The van der Waals surface area contributed by atoms with Crippen molar-refractivity contribution in [3.8, 4) is 5.75 Å². The lowest BCUT2D eigenvalue weighted by atomic mass is 10.2. The van der Waals surface area contributed by atoms with E-state index in [0.29, 0.717) is 16.3 Å². The molecular formula is C17H11ClINO3. The van der Waals surface area contributed by atoms with E-state index in [1.165, 1.54) is 0 Å².